The number of para-hydroxylation sites is 1. The van der Waals surface area contributed by atoms with Crippen molar-refractivity contribution in [1.82, 2.24) is 4.90 Å². The van der Waals surface area contributed by atoms with Gasteiger partial charge in [-0.15, -0.1) is 0 Å². The monoisotopic (exact) mass is 373 g/mol. The maximum Gasteiger partial charge on any atom is 0.308 e. The minimum absolute atomic E-state index is 0.230. The Kier molecular flexibility index (Phi) is 5.65. The van der Waals surface area contributed by atoms with Crippen molar-refractivity contribution in [3.63, 3.8) is 0 Å². The number of aliphatic carboxylic acids is 1. The highest BCUT2D eigenvalue weighted by Gasteiger charge is 2.40. The first-order chi connectivity index (χ1) is 13.0. The lowest BCUT2D eigenvalue weighted by Crippen LogP contribution is -2.23. The number of hydrogen-bond acceptors (Lipinski definition) is 4. The quantitative estimate of drug-likeness (QED) is 0.840. The van der Waals surface area contributed by atoms with Crippen molar-refractivity contribution in [3.05, 3.63) is 58.9 Å². The smallest absolute Gasteiger partial charge is 0.308 e. The van der Waals surface area contributed by atoms with Crippen molar-refractivity contribution in [2.24, 2.45) is 5.92 Å². The highest BCUT2D eigenvalue weighted by Crippen LogP contribution is 2.42. The molecule has 6 heteroatoms. The Labute approximate surface area is 158 Å². The van der Waals surface area contributed by atoms with Gasteiger partial charge >= 0.3 is 5.97 Å². The van der Waals surface area contributed by atoms with Crippen LogP contribution in [-0.2, 0) is 11.3 Å². The topological polar surface area (TPSA) is 59.0 Å². The summed E-state index contributed by atoms with van der Waals surface area (Å²) in [5.74, 6) is -0.828. The molecule has 1 heterocycles. The lowest BCUT2D eigenvalue weighted by atomic mass is 9.88. The van der Waals surface area contributed by atoms with E-state index in [1.54, 1.807) is 39.3 Å². The minimum atomic E-state index is -0.864. The van der Waals surface area contributed by atoms with E-state index < -0.39 is 11.9 Å². The molecular weight excluding hydrogens is 349 g/mol. The van der Waals surface area contributed by atoms with Crippen molar-refractivity contribution < 1.29 is 23.8 Å². The van der Waals surface area contributed by atoms with Crippen LogP contribution in [0.25, 0.3) is 0 Å². The van der Waals surface area contributed by atoms with Crippen molar-refractivity contribution in [1.29, 1.82) is 0 Å². The van der Waals surface area contributed by atoms with E-state index in [0.29, 0.717) is 42.3 Å². The third kappa shape index (κ3) is 3.76. The summed E-state index contributed by atoms with van der Waals surface area (Å²) in [6.07, 6.45) is 0. The Hall–Kier alpha value is -2.60. The summed E-state index contributed by atoms with van der Waals surface area (Å²) in [6.45, 7) is 2.97. The van der Waals surface area contributed by atoms with Gasteiger partial charge in [0.25, 0.3) is 0 Å². The summed E-state index contributed by atoms with van der Waals surface area (Å²) in [5, 5.41) is 9.74. The summed E-state index contributed by atoms with van der Waals surface area (Å²) >= 11 is 0. The SMILES string of the molecule is COc1cccc([C@@H]2CN(Cc3cccc(C)c3F)C[C@H]2C(=O)O)c1OC. The van der Waals surface area contributed by atoms with E-state index in [0.717, 1.165) is 5.56 Å². The van der Waals surface area contributed by atoms with Gasteiger partial charge in [0, 0.05) is 36.7 Å². The Bertz CT molecular complexity index is 839. The van der Waals surface area contributed by atoms with Gasteiger partial charge in [0.2, 0.25) is 0 Å². The number of methoxy groups -OCH3 is 2. The van der Waals surface area contributed by atoms with Gasteiger partial charge in [-0.25, -0.2) is 4.39 Å². The zero-order chi connectivity index (χ0) is 19.6. The number of carboxylic acids is 1. The van der Waals surface area contributed by atoms with Crippen molar-refractivity contribution in [3.8, 4) is 11.5 Å². The standard InChI is InChI=1S/C21H24FNO4/c1-13-6-4-7-14(19(13)22)10-23-11-16(17(12-23)21(24)25)15-8-5-9-18(26-2)20(15)27-3/h4-9,16-17H,10-12H2,1-3H3,(H,24,25)/t16-,17+/m0/s1. The maximum absolute atomic E-state index is 14.4. The van der Waals surface area contributed by atoms with Gasteiger partial charge < -0.3 is 14.6 Å². The molecule has 1 N–H and O–H groups in total. The number of ether oxygens (including phenoxy) is 2. The maximum atomic E-state index is 14.4. The zero-order valence-corrected chi connectivity index (χ0v) is 15.7. The first-order valence-corrected chi connectivity index (χ1v) is 8.86. The van der Waals surface area contributed by atoms with E-state index in [-0.39, 0.29) is 11.7 Å². The molecule has 1 aliphatic heterocycles. The van der Waals surface area contributed by atoms with Gasteiger partial charge in [0.1, 0.15) is 5.82 Å². The van der Waals surface area contributed by atoms with Crippen LogP contribution >= 0.6 is 0 Å². The Morgan fingerprint density at radius 3 is 2.59 bits per heavy atom. The fourth-order valence-corrected chi connectivity index (χ4v) is 3.85. The number of halogens is 1. The van der Waals surface area contributed by atoms with Gasteiger partial charge in [0.05, 0.1) is 20.1 Å². The summed E-state index contributed by atoms with van der Waals surface area (Å²) in [4.78, 5) is 13.9. The van der Waals surface area contributed by atoms with Crippen LogP contribution in [0.15, 0.2) is 36.4 Å². The molecule has 0 unspecified atom stereocenters. The van der Waals surface area contributed by atoms with Crippen LogP contribution in [-0.4, -0.2) is 43.3 Å². The molecule has 1 aliphatic rings. The predicted octanol–water partition coefficient (Wildman–Crippen LogP) is 3.45. The molecule has 0 radical (unpaired) electrons. The molecule has 1 saturated heterocycles. The molecule has 2 atom stereocenters. The molecule has 0 amide bonds. The van der Waals surface area contributed by atoms with Crippen LogP contribution in [0, 0.1) is 18.7 Å². The second-order valence-electron chi connectivity index (χ2n) is 6.88. The van der Waals surface area contributed by atoms with Gasteiger partial charge in [-0.1, -0.05) is 30.3 Å². The lowest BCUT2D eigenvalue weighted by molar-refractivity contribution is -0.141. The van der Waals surface area contributed by atoms with Crippen LogP contribution in [0.1, 0.15) is 22.6 Å². The molecule has 27 heavy (non-hydrogen) atoms. The average Bonchev–Trinajstić information content (AvgIpc) is 3.08. The van der Waals surface area contributed by atoms with Crippen LogP contribution in [0.2, 0.25) is 0 Å². The lowest BCUT2D eigenvalue weighted by Gasteiger charge is -2.20. The van der Waals surface area contributed by atoms with Gasteiger partial charge in [0.15, 0.2) is 11.5 Å². The van der Waals surface area contributed by atoms with E-state index in [2.05, 4.69) is 0 Å². The number of nitrogens with zero attached hydrogens (tertiary/aromatic N) is 1. The van der Waals surface area contributed by atoms with Crippen molar-refractivity contribution in [2.45, 2.75) is 19.4 Å². The summed E-state index contributed by atoms with van der Waals surface area (Å²) in [5.41, 5.74) is 1.97. The average molecular weight is 373 g/mol. The number of hydrogen-bond donors (Lipinski definition) is 1. The third-order valence-electron chi connectivity index (χ3n) is 5.21. The summed E-state index contributed by atoms with van der Waals surface area (Å²) in [6, 6.07) is 10.8. The largest absolute Gasteiger partial charge is 0.493 e. The number of benzene rings is 2. The molecule has 0 saturated carbocycles. The van der Waals surface area contributed by atoms with Crippen LogP contribution in [0.5, 0.6) is 11.5 Å². The fourth-order valence-electron chi connectivity index (χ4n) is 3.85. The summed E-state index contributed by atoms with van der Waals surface area (Å²) < 4.78 is 25.2. The number of aryl methyl sites for hydroxylation is 1. The highest BCUT2D eigenvalue weighted by atomic mass is 19.1. The number of carbonyl (C=O) groups is 1. The molecule has 0 bridgehead atoms. The number of likely N-dealkylation sites (tertiary alicyclic amines) is 1. The molecule has 0 aromatic heterocycles. The molecule has 1 fully saturated rings. The van der Waals surface area contributed by atoms with E-state index in [1.807, 2.05) is 23.1 Å². The van der Waals surface area contributed by atoms with E-state index in [9.17, 15) is 14.3 Å². The highest BCUT2D eigenvalue weighted by molar-refractivity contribution is 5.73. The zero-order valence-electron chi connectivity index (χ0n) is 15.7. The molecule has 2 aromatic rings. The van der Waals surface area contributed by atoms with Gasteiger partial charge in [-0.2, -0.15) is 0 Å². The van der Waals surface area contributed by atoms with Crippen molar-refractivity contribution in [2.75, 3.05) is 27.3 Å². The van der Waals surface area contributed by atoms with Gasteiger partial charge in [-0.05, 0) is 18.6 Å². The van der Waals surface area contributed by atoms with Crippen LogP contribution in [0.3, 0.4) is 0 Å². The number of rotatable bonds is 6. The molecule has 5 nitrogen and oxygen atoms in total. The van der Waals surface area contributed by atoms with Crippen LogP contribution in [0.4, 0.5) is 4.39 Å². The summed E-state index contributed by atoms with van der Waals surface area (Å²) in [7, 11) is 3.10. The number of carboxylic acid groups (broad SMARTS) is 1. The Morgan fingerprint density at radius 2 is 1.93 bits per heavy atom. The van der Waals surface area contributed by atoms with E-state index >= 15 is 0 Å². The second-order valence-corrected chi connectivity index (χ2v) is 6.88. The molecule has 2 aromatic carbocycles. The molecule has 144 valence electrons. The Balaban J connectivity index is 1.90. The fraction of sp³-hybridized carbons (Fsp3) is 0.381. The van der Waals surface area contributed by atoms with Crippen LogP contribution < -0.4 is 9.47 Å². The van der Waals surface area contributed by atoms with Crippen molar-refractivity contribution >= 4 is 5.97 Å². The molecular formula is C21H24FNO4. The first kappa shape index (κ1) is 19.2. The first-order valence-electron chi connectivity index (χ1n) is 8.86. The second kappa shape index (κ2) is 7.96. The van der Waals surface area contributed by atoms with E-state index in [4.69, 9.17) is 9.47 Å². The van der Waals surface area contributed by atoms with E-state index in [1.165, 1.54) is 0 Å². The minimum Gasteiger partial charge on any atom is -0.493 e. The normalized spacial score (nSPS) is 19.9. The molecule has 3 rings (SSSR count). The molecule has 0 aliphatic carbocycles. The predicted molar refractivity (Wildman–Crippen MR) is 99.8 cm³/mol. The van der Waals surface area contributed by atoms with Gasteiger partial charge in [-0.3, -0.25) is 9.69 Å². The molecule has 0 spiro atoms. The third-order valence-corrected chi connectivity index (χ3v) is 5.21. The Morgan fingerprint density at radius 1 is 1.19 bits per heavy atom.